The molecule has 0 bridgehead atoms. The largest absolute Gasteiger partial charge is 0.341 e. The average molecular weight is 251 g/mol. The van der Waals surface area contributed by atoms with Gasteiger partial charge in [-0.05, 0) is 13.8 Å². The molecule has 4 N–H and O–H groups in total. The number of sulfone groups is 1. The predicted molar refractivity (Wildman–Crippen MR) is 59.5 cm³/mol. The second-order valence-electron chi connectivity index (χ2n) is 3.35. The Morgan fingerprint density at radius 3 is 2.19 bits per heavy atom. The van der Waals surface area contributed by atoms with Gasteiger partial charge in [-0.2, -0.15) is 0 Å². The van der Waals surface area contributed by atoms with Crippen LogP contribution in [0.3, 0.4) is 0 Å². The van der Waals surface area contributed by atoms with Crippen LogP contribution in [0.25, 0.3) is 0 Å². The molecule has 0 radical (unpaired) electrons. The molecule has 2 atom stereocenters. The Hall–Kier alpha value is -1.15. The highest BCUT2D eigenvalue weighted by molar-refractivity contribution is 7.93. The normalized spacial score (nSPS) is 15.0. The van der Waals surface area contributed by atoms with Gasteiger partial charge in [0.2, 0.25) is 5.91 Å². The fourth-order valence-electron chi connectivity index (χ4n) is 0.908. The Labute approximate surface area is 94.7 Å². The SMILES string of the molecule is CNC(=O)NC(=O)C(C)S(=O)(=O)C(C)CN. The van der Waals surface area contributed by atoms with E-state index in [2.05, 4.69) is 5.32 Å². The van der Waals surface area contributed by atoms with Crippen molar-refractivity contribution in [3.05, 3.63) is 0 Å². The molecular weight excluding hydrogens is 234 g/mol. The van der Waals surface area contributed by atoms with Crippen LogP contribution < -0.4 is 16.4 Å². The van der Waals surface area contributed by atoms with Crippen LogP contribution in [-0.2, 0) is 14.6 Å². The molecule has 8 heteroatoms. The number of amides is 3. The van der Waals surface area contributed by atoms with Gasteiger partial charge >= 0.3 is 6.03 Å². The van der Waals surface area contributed by atoms with Crippen LogP contribution in [0.4, 0.5) is 4.79 Å². The lowest BCUT2D eigenvalue weighted by Gasteiger charge is -2.16. The first-order valence-corrected chi connectivity index (χ1v) is 6.33. The number of hydrogen-bond acceptors (Lipinski definition) is 5. The molecule has 0 fully saturated rings. The molecule has 0 aliphatic carbocycles. The van der Waals surface area contributed by atoms with Crippen molar-refractivity contribution in [3.8, 4) is 0 Å². The molecule has 16 heavy (non-hydrogen) atoms. The van der Waals surface area contributed by atoms with Crippen molar-refractivity contribution >= 4 is 21.8 Å². The molecule has 0 heterocycles. The van der Waals surface area contributed by atoms with Gasteiger partial charge in [0.05, 0.1) is 5.25 Å². The molecule has 94 valence electrons. The van der Waals surface area contributed by atoms with Crippen LogP contribution in [0.5, 0.6) is 0 Å². The van der Waals surface area contributed by atoms with Gasteiger partial charge in [0, 0.05) is 13.6 Å². The summed E-state index contributed by atoms with van der Waals surface area (Å²) in [6, 6.07) is -0.743. The van der Waals surface area contributed by atoms with Crippen molar-refractivity contribution < 1.29 is 18.0 Å². The molecule has 3 amide bonds. The number of hydrogen-bond donors (Lipinski definition) is 3. The first-order chi connectivity index (χ1) is 7.27. The minimum atomic E-state index is -3.66. The van der Waals surface area contributed by atoms with E-state index in [1.54, 1.807) is 0 Å². The van der Waals surface area contributed by atoms with Crippen molar-refractivity contribution in [1.29, 1.82) is 0 Å². The van der Waals surface area contributed by atoms with Crippen LogP contribution in [0.2, 0.25) is 0 Å². The molecule has 0 aromatic rings. The van der Waals surface area contributed by atoms with Crippen molar-refractivity contribution in [1.82, 2.24) is 10.6 Å². The Morgan fingerprint density at radius 1 is 1.31 bits per heavy atom. The summed E-state index contributed by atoms with van der Waals surface area (Å²) in [5, 5.41) is 1.94. The minimum absolute atomic E-state index is 0.0695. The molecule has 7 nitrogen and oxygen atoms in total. The van der Waals surface area contributed by atoms with Crippen molar-refractivity contribution in [2.45, 2.75) is 24.3 Å². The molecule has 0 aromatic heterocycles. The maximum Gasteiger partial charge on any atom is 0.321 e. The molecule has 2 unspecified atom stereocenters. The van der Waals surface area contributed by atoms with Gasteiger partial charge < -0.3 is 11.1 Å². The van der Waals surface area contributed by atoms with Crippen LogP contribution in [0.1, 0.15) is 13.8 Å². The fraction of sp³-hybridized carbons (Fsp3) is 0.750. The highest BCUT2D eigenvalue weighted by Crippen LogP contribution is 2.08. The van der Waals surface area contributed by atoms with Gasteiger partial charge in [0.25, 0.3) is 0 Å². The van der Waals surface area contributed by atoms with Gasteiger partial charge in [0.1, 0.15) is 5.25 Å². The van der Waals surface area contributed by atoms with Crippen molar-refractivity contribution in [2.75, 3.05) is 13.6 Å². The summed E-state index contributed by atoms with van der Waals surface area (Å²) in [4.78, 5) is 22.2. The predicted octanol–water partition coefficient (Wildman–Crippen LogP) is -1.41. The van der Waals surface area contributed by atoms with Crippen molar-refractivity contribution in [3.63, 3.8) is 0 Å². The molecule has 0 spiro atoms. The summed E-state index contributed by atoms with van der Waals surface area (Å²) in [6.07, 6.45) is 0. The topological polar surface area (TPSA) is 118 Å². The lowest BCUT2D eigenvalue weighted by atomic mass is 10.4. The third kappa shape index (κ3) is 3.46. The van der Waals surface area contributed by atoms with E-state index in [4.69, 9.17) is 5.73 Å². The molecular formula is C8H17N3O4S. The maximum atomic E-state index is 11.7. The van der Waals surface area contributed by atoms with E-state index in [1.807, 2.05) is 5.32 Å². The minimum Gasteiger partial charge on any atom is -0.341 e. The summed E-state index contributed by atoms with van der Waals surface area (Å²) < 4.78 is 23.4. The van der Waals surface area contributed by atoms with Gasteiger partial charge in [-0.15, -0.1) is 0 Å². The lowest BCUT2D eigenvalue weighted by Crippen LogP contribution is -2.47. The fourth-order valence-corrected chi connectivity index (χ4v) is 2.23. The number of rotatable bonds is 4. The number of nitrogens with two attached hydrogens (primary N) is 1. The lowest BCUT2D eigenvalue weighted by molar-refractivity contribution is -0.119. The van der Waals surface area contributed by atoms with E-state index in [1.165, 1.54) is 20.9 Å². The molecule has 0 rings (SSSR count). The van der Waals surface area contributed by atoms with Crippen LogP contribution in [-0.4, -0.2) is 44.4 Å². The van der Waals surface area contributed by atoms with Gasteiger partial charge in [0.15, 0.2) is 9.84 Å². The summed E-state index contributed by atoms with van der Waals surface area (Å²) in [7, 11) is -2.34. The Morgan fingerprint density at radius 2 is 1.81 bits per heavy atom. The van der Waals surface area contributed by atoms with Crippen LogP contribution in [0, 0.1) is 0 Å². The summed E-state index contributed by atoms with van der Waals surface area (Å²) >= 11 is 0. The monoisotopic (exact) mass is 251 g/mol. The molecule has 0 saturated heterocycles. The third-order valence-electron chi connectivity index (χ3n) is 2.22. The van der Waals surface area contributed by atoms with Gasteiger partial charge in [-0.3, -0.25) is 10.1 Å². The standard InChI is InChI=1S/C8H17N3O4S/c1-5(4-9)16(14,15)6(2)7(12)11-8(13)10-3/h5-6H,4,9H2,1-3H3,(H2,10,11,12,13). The van der Waals surface area contributed by atoms with E-state index < -0.39 is 32.3 Å². The maximum absolute atomic E-state index is 11.7. The highest BCUT2D eigenvalue weighted by atomic mass is 32.2. The first-order valence-electron chi connectivity index (χ1n) is 4.72. The van der Waals surface area contributed by atoms with E-state index in [9.17, 15) is 18.0 Å². The van der Waals surface area contributed by atoms with E-state index in [0.717, 1.165) is 0 Å². The number of urea groups is 1. The number of carbonyl (C=O) groups is 2. The van der Waals surface area contributed by atoms with E-state index in [0.29, 0.717) is 0 Å². The summed E-state index contributed by atoms with van der Waals surface area (Å²) in [5.41, 5.74) is 5.23. The van der Waals surface area contributed by atoms with E-state index in [-0.39, 0.29) is 6.54 Å². The number of nitrogens with one attached hydrogen (secondary N) is 2. The Bertz CT molecular complexity index is 365. The van der Waals surface area contributed by atoms with E-state index >= 15 is 0 Å². The van der Waals surface area contributed by atoms with Gasteiger partial charge in [-0.1, -0.05) is 0 Å². The summed E-state index contributed by atoms with van der Waals surface area (Å²) in [6.45, 7) is 2.57. The molecule has 0 aromatic carbocycles. The second kappa shape index (κ2) is 5.80. The quantitative estimate of drug-likeness (QED) is 0.567. The zero-order valence-electron chi connectivity index (χ0n) is 9.48. The van der Waals surface area contributed by atoms with Gasteiger partial charge in [-0.25, -0.2) is 13.2 Å². The third-order valence-corrected chi connectivity index (χ3v) is 4.73. The zero-order chi connectivity index (χ0) is 12.9. The van der Waals surface area contributed by atoms with Crippen LogP contribution in [0.15, 0.2) is 0 Å². The number of carbonyl (C=O) groups excluding carboxylic acids is 2. The Kier molecular flexibility index (Phi) is 5.39. The number of imide groups is 1. The highest BCUT2D eigenvalue weighted by Gasteiger charge is 2.32. The first kappa shape index (κ1) is 14.8. The second-order valence-corrected chi connectivity index (χ2v) is 6.04. The van der Waals surface area contributed by atoms with Crippen LogP contribution >= 0.6 is 0 Å². The smallest absolute Gasteiger partial charge is 0.321 e. The Balaban J connectivity index is 4.74. The summed E-state index contributed by atoms with van der Waals surface area (Å²) in [5.74, 6) is -0.861. The van der Waals surface area contributed by atoms with Crippen molar-refractivity contribution in [2.24, 2.45) is 5.73 Å². The molecule has 0 saturated carbocycles. The average Bonchev–Trinajstić information content (AvgIpc) is 2.26. The molecule has 0 aliphatic heterocycles. The zero-order valence-corrected chi connectivity index (χ0v) is 10.3. The molecule has 0 aliphatic rings.